The highest BCUT2D eigenvalue weighted by atomic mass is 16.5. The van der Waals surface area contributed by atoms with Crippen molar-refractivity contribution in [2.75, 3.05) is 6.61 Å². The van der Waals surface area contributed by atoms with Gasteiger partial charge >= 0.3 is 0 Å². The van der Waals surface area contributed by atoms with Gasteiger partial charge in [-0.15, -0.1) is 0 Å². The lowest BCUT2D eigenvalue weighted by Crippen LogP contribution is -2.39. The summed E-state index contributed by atoms with van der Waals surface area (Å²) < 4.78 is 6.11. The maximum absolute atomic E-state index is 12.5. The van der Waals surface area contributed by atoms with Crippen molar-refractivity contribution >= 4 is 16.8 Å². The third-order valence-corrected chi connectivity index (χ3v) is 4.87. The van der Waals surface area contributed by atoms with E-state index in [4.69, 9.17) is 4.74 Å². The first-order valence-corrected chi connectivity index (χ1v) is 10.1. The fourth-order valence-electron chi connectivity index (χ4n) is 3.37. The summed E-state index contributed by atoms with van der Waals surface area (Å²) in [5, 5.41) is 4.41. The van der Waals surface area contributed by atoms with Crippen LogP contribution in [0.5, 0.6) is 0 Å². The second-order valence-corrected chi connectivity index (χ2v) is 7.27. The molecule has 0 unspecified atom stereocenters. The summed E-state index contributed by atoms with van der Waals surface area (Å²) >= 11 is 0. The third-order valence-electron chi connectivity index (χ3n) is 4.87. The number of fused-ring (bicyclic) bond motifs is 1. The summed E-state index contributed by atoms with van der Waals surface area (Å²) in [4.78, 5) is 15.8. The first-order chi connectivity index (χ1) is 12.6. The van der Waals surface area contributed by atoms with Crippen molar-refractivity contribution < 1.29 is 9.53 Å². The fraction of sp³-hybridized carbons (Fsp3) is 0.591. The molecule has 0 saturated heterocycles. The highest BCUT2D eigenvalue weighted by Crippen LogP contribution is 2.30. The fourth-order valence-corrected chi connectivity index (χ4v) is 3.37. The summed E-state index contributed by atoms with van der Waals surface area (Å²) in [5.41, 5.74) is 2.20. The minimum Gasteiger partial charge on any atom is -0.376 e. The predicted octanol–water partition coefficient (Wildman–Crippen LogP) is 5.36. The van der Waals surface area contributed by atoms with Crippen molar-refractivity contribution in [1.82, 2.24) is 10.3 Å². The molecule has 26 heavy (non-hydrogen) atoms. The summed E-state index contributed by atoms with van der Waals surface area (Å²) in [6, 6.07) is 8.10. The average Bonchev–Trinajstić information content (AvgIpc) is 3.06. The van der Waals surface area contributed by atoms with Gasteiger partial charge in [0.1, 0.15) is 0 Å². The zero-order valence-corrected chi connectivity index (χ0v) is 16.7. The number of benzene rings is 1. The Balaban J connectivity index is 2.29. The normalized spacial score (nSPS) is 13.9. The van der Waals surface area contributed by atoms with Crippen LogP contribution >= 0.6 is 0 Å². The summed E-state index contributed by atoms with van der Waals surface area (Å²) in [5.74, 6) is 0.0172. The van der Waals surface area contributed by atoms with Crippen LogP contribution in [0.1, 0.15) is 71.4 Å². The standard InChI is InChI=1S/C22H34N2O2/c1-5-7-8-9-14-20(26-6-2)21(24-22(25)16(3)4)18-15-23-19-13-11-10-12-17(18)19/h10-13,15-16,20-21,23H,5-9,14H2,1-4H3,(H,24,25)/t20-,21-/m1/s1. The Labute approximate surface area is 157 Å². The Morgan fingerprint density at radius 3 is 2.62 bits per heavy atom. The van der Waals surface area contributed by atoms with Gasteiger partial charge in [-0.3, -0.25) is 4.79 Å². The second-order valence-electron chi connectivity index (χ2n) is 7.27. The number of aromatic nitrogens is 1. The van der Waals surface area contributed by atoms with Crippen LogP contribution < -0.4 is 5.32 Å². The molecule has 0 fully saturated rings. The molecule has 1 amide bonds. The number of aromatic amines is 1. The number of para-hydroxylation sites is 1. The van der Waals surface area contributed by atoms with Gasteiger partial charge in [0.25, 0.3) is 0 Å². The highest BCUT2D eigenvalue weighted by molar-refractivity contribution is 5.85. The number of hydrogen-bond acceptors (Lipinski definition) is 2. The molecular weight excluding hydrogens is 324 g/mol. The Morgan fingerprint density at radius 1 is 1.15 bits per heavy atom. The molecule has 1 heterocycles. The van der Waals surface area contributed by atoms with Crippen molar-refractivity contribution in [2.45, 2.75) is 71.9 Å². The number of H-pyrrole nitrogens is 1. The zero-order chi connectivity index (χ0) is 18.9. The topological polar surface area (TPSA) is 54.1 Å². The molecule has 0 aliphatic heterocycles. The number of unbranched alkanes of at least 4 members (excludes halogenated alkanes) is 3. The molecule has 2 atom stereocenters. The van der Waals surface area contributed by atoms with E-state index in [0.29, 0.717) is 6.61 Å². The van der Waals surface area contributed by atoms with Gasteiger partial charge in [-0.1, -0.05) is 64.7 Å². The number of hydrogen-bond donors (Lipinski definition) is 2. The van der Waals surface area contributed by atoms with E-state index in [-0.39, 0.29) is 24.0 Å². The second kappa shape index (κ2) is 10.4. The van der Waals surface area contributed by atoms with Gasteiger partial charge in [0.2, 0.25) is 5.91 Å². The molecule has 0 spiro atoms. The van der Waals surface area contributed by atoms with E-state index in [1.165, 1.54) is 19.3 Å². The molecule has 0 bridgehead atoms. The van der Waals surface area contributed by atoms with E-state index < -0.39 is 0 Å². The Kier molecular flexibility index (Phi) is 8.17. The highest BCUT2D eigenvalue weighted by Gasteiger charge is 2.28. The minimum absolute atomic E-state index is 0.0150. The Hall–Kier alpha value is -1.81. The van der Waals surface area contributed by atoms with Gasteiger partial charge in [0, 0.05) is 35.2 Å². The quantitative estimate of drug-likeness (QED) is 0.532. The molecular formula is C22H34N2O2. The zero-order valence-electron chi connectivity index (χ0n) is 16.7. The van der Waals surface area contributed by atoms with E-state index in [2.05, 4.69) is 29.4 Å². The van der Waals surface area contributed by atoms with Crippen molar-refractivity contribution in [3.8, 4) is 0 Å². The lowest BCUT2D eigenvalue weighted by Gasteiger charge is -2.29. The molecule has 2 rings (SSSR count). The van der Waals surface area contributed by atoms with E-state index in [0.717, 1.165) is 29.3 Å². The van der Waals surface area contributed by atoms with E-state index in [9.17, 15) is 4.79 Å². The minimum atomic E-state index is -0.136. The number of nitrogens with one attached hydrogen (secondary N) is 2. The summed E-state index contributed by atoms with van der Waals surface area (Å²) in [6.07, 6.45) is 7.75. The maximum atomic E-state index is 12.5. The molecule has 1 aromatic carbocycles. The largest absolute Gasteiger partial charge is 0.376 e. The van der Waals surface area contributed by atoms with E-state index >= 15 is 0 Å². The predicted molar refractivity (Wildman–Crippen MR) is 108 cm³/mol. The first-order valence-electron chi connectivity index (χ1n) is 10.1. The molecule has 0 aliphatic carbocycles. The molecule has 0 radical (unpaired) electrons. The summed E-state index contributed by atoms with van der Waals surface area (Å²) in [7, 11) is 0. The molecule has 4 heteroatoms. The summed E-state index contributed by atoms with van der Waals surface area (Å²) in [6.45, 7) is 8.75. The SMILES string of the molecule is CCCCCC[C@@H](OCC)[C@H](NC(=O)C(C)C)c1c[nH]c2ccccc12. The molecule has 144 valence electrons. The van der Waals surface area contributed by atoms with Crippen LogP contribution in [0.4, 0.5) is 0 Å². The third kappa shape index (κ3) is 5.34. The van der Waals surface area contributed by atoms with Gasteiger partial charge in [0.05, 0.1) is 12.1 Å². The number of carbonyl (C=O) groups excluding carboxylic acids is 1. The van der Waals surface area contributed by atoms with Crippen molar-refractivity contribution in [3.05, 3.63) is 36.0 Å². The van der Waals surface area contributed by atoms with Crippen LogP contribution in [0.2, 0.25) is 0 Å². The van der Waals surface area contributed by atoms with Crippen LogP contribution in [-0.4, -0.2) is 23.6 Å². The van der Waals surface area contributed by atoms with E-state index in [1.54, 1.807) is 0 Å². The Bertz CT molecular complexity index is 678. The molecule has 2 aromatic rings. The lowest BCUT2D eigenvalue weighted by molar-refractivity contribution is -0.126. The molecule has 0 aliphatic rings. The molecule has 1 aromatic heterocycles. The average molecular weight is 359 g/mol. The van der Waals surface area contributed by atoms with E-state index in [1.807, 2.05) is 39.1 Å². The van der Waals surface area contributed by atoms with Crippen LogP contribution in [0.25, 0.3) is 10.9 Å². The van der Waals surface area contributed by atoms with Crippen LogP contribution in [0.3, 0.4) is 0 Å². The number of carbonyl (C=O) groups is 1. The van der Waals surface area contributed by atoms with Gasteiger partial charge < -0.3 is 15.0 Å². The number of ether oxygens (including phenoxy) is 1. The van der Waals surface area contributed by atoms with Crippen LogP contribution in [0, 0.1) is 5.92 Å². The smallest absolute Gasteiger partial charge is 0.223 e. The monoisotopic (exact) mass is 358 g/mol. The van der Waals surface area contributed by atoms with Gasteiger partial charge in [-0.25, -0.2) is 0 Å². The molecule has 2 N–H and O–H groups in total. The van der Waals surface area contributed by atoms with Crippen LogP contribution in [-0.2, 0) is 9.53 Å². The number of rotatable bonds is 11. The first kappa shape index (κ1) is 20.5. The lowest BCUT2D eigenvalue weighted by atomic mass is 9.95. The van der Waals surface area contributed by atoms with Crippen LogP contribution in [0.15, 0.2) is 30.5 Å². The van der Waals surface area contributed by atoms with Gasteiger partial charge in [-0.2, -0.15) is 0 Å². The molecule has 0 saturated carbocycles. The maximum Gasteiger partial charge on any atom is 0.223 e. The van der Waals surface area contributed by atoms with Crippen molar-refractivity contribution in [3.63, 3.8) is 0 Å². The number of amides is 1. The Morgan fingerprint density at radius 2 is 1.92 bits per heavy atom. The van der Waals surface area contributed by atoms with Gasteiger partial charge in [0.15, 0.2) is 0 Å². The van der Waals surface area contributed by atoms with Gasteiger partial charge in [-0.05, 0) is 19.4 Å². The molecule has 4 nitrogen and oxygen atoms in total. The van der Waals surface area contributed by atoms with Crippen molar-refractivity contribution in [1.29, 1.82) is 0 Å². The van der Waals surface area contributed by atoms with Crippen molar-refractivity contribution in [2.24, 2.45) is 5.92 Å².